The van der Waals surface area contributed by atoms with Crippen molar-refractivity contribution in [2.45, 2.75) is 19.4 Å². The monoisotopic (exact) mass is 267 g/mol. The Labute approximate surface area is 109 Å². The van der Waals surface area contributed by atoms with Crippen LogP contribution in [0.4, 0.5) is 4.39 Å². The number of amides is 1. The minimum Gasteiger partial charge on any atom is -0.507 e. The Bertz CT molecular complexity index is 511. The molecule has 102 valence electrons. The first kappa shape index (κ1) is 13.3. The predicted octanol–water partition coefficient (Wildman–Crippen LogP) is 1.47. The number of likely N-dealkylation sites (tertiary alicyclic amines) is 1. The molecule has 0 saturated carbocycles. The number of phenolic OH excluding ortho intramolecular Hbond substituents is 1. The van der Waals surface area contributed by atoms with E-state index < -0.39 is 35.0 Å². The lowest BCUT2D eigenvalue weighted by Gasteiger charge is -2.23. The maximum absolute atomic E-state index is 13.6. The molecule has 5 nitrogen and oxygen atoms in total. The third-order valence-corrected chi connectivity index (χ3v) is 3.42. The van der Waals surface area contributed by atoms with E-state index in [4.69, 9.17) is 5.11 Å². The van der Waals surface area contributed by atoms with Gasteiger partial charge < -0.3 is 15.1 Å². The first-order valence-corrected chi connectivity index (χ1v) is 5.94. The van der Waals surface area contributed by atoms with Gasteiger partial charge in [-0.15, -0.1) is 0 Å². The van der Waals surface area contributed by atoms with Crippen LogP contribution < -0.4 is 0 Å². The van der Waals surface area contributed by atoms with Crippen molar-refractivity contribution in [1.82, 2.24) is 4.90 Å². The van der Waals surface area contributed by atoms with Crippen LogP contribution in [0.3, 0.4) is 0 Å². The van der Waals surface area contributed by atoms with Gasteiger partial charge in [-0.1, -0.05) is 13.0 Å². The van der Waals surface area contributed by atoms with Crippen LogP contribution >= 0.6 is 0 Å². The van der Waals surface area contributed by atoms with Crippen molar-refractivity contribution in [3.63, 3.8) is 0 Å². The molecule has 2 unspecified atom stereocenters. The summed E-state index contributed by atoms with van der Waals surface area (Å²) in [6, 6.07) is 2.56. The zero-order valence-electron chi connectivity index (χ0n) is 10.3. The molecule has 2 rings (SSSR count). The molecule has 1 aliphatic heterocycles. The van der Waals surface area contributed by atoms with Gasteiger partial charge in [-0.2, -0.15) is 0 Å². The summed E-state index contributed by atoms with van der Waals surface area (Å²) in [5.74, 6) is -3.43. The summed E-state index contributed by atoms with van der Waals surface area (Å²) in [7, 11) is 0. The third-order valence-electron chi connectivity index (χ3n) is 3.42. The Morgan fingerprint density at radius 1 is 1.42 bits per heavy atom. The second-order valence-electron chi connectivity index (χ2n) is 4.68. The van der Waals surface area contributed by atoms with Crippen molar-refractivity contribution in [1.29, 1.82) is 0 Å². The topological polar surface area (TPSA) is 77.8 Å². The molecule has 2 atom stereocenters. The van der Waals surface area contributed by atoms with Gasteiger partial charge in [0.2, 0.25) is 0 Å². The number of phenols is 1. The van der Waals surface area contributed by atoms with E-state index in [1.54, 1.807) is 6.92 Å². The Hall–Kier alpha value is -2.11. The first-order chi connectivity index (χ1) is 8.93. The summed E-state index contributed by atoms with van der Waals surface area (Å²) < 4.78 is 13.6. The third kappa shape index (κ3) is 2.25. The van der Waals surface area contributed by atoms with Crippen molar-refractivity contribution in [2.75, 3.05) is 6.54 Å². The quantitative estimate of drug-likeness (QED) is 0.850. The number of benzene rings is 1. The number of hydrogen-bond acceptors (Lipinski definition) is 3. The van der Waals surface area contributed by atoms with Crippen LogP contribution in [0.2, 0.25) is 0 Å². The second-order valence-corrected chi connectivity index (χ2v) is 4.68. The molecule has 1 aliphatic rings. The Kier molecular flexibility index (Phi) is 3.42. The van der Waals surface area contributed by atoms with Crippen LogP contribution in [0, 0.1) is 11.7 Å². The van der Waals surface area contributed by atoms with Crippen LogP contribution in [0.25, 0.3) is 0 Å². The fraction of sp³-hybridized carbons (Fsp3) is 0.385. The molecule has 2 N–H and O–H groups in total. The van der Waals surface area contributed by atoms with E-state index >= 15 is 0 Å². The largest absolute Gasteiger partial charge is 0.507 e. The Balaban J connectivity index is 2.37. The van der Waals surface area contributed by atoms with Crippen LogP contribution in [-0.2, 0) is 4.79 Å². The van der Waals surface area contributed by atoms with Gasteiger partial charge in [-0.25, -0.2) is 9.18 Å². The van der Waals surface area contributed by atoms with E-state index in [0.717, 1.165) is 11.0 Å². The van der Waals surface area contributed by atoms with E-state index in [1.807, 2.05) is 0 Å². The first-order valence-electron chi connectivity index (χ1n) is 5.94. The lowest BCUT2D eigenvalue weighted by molar-refractivity contribution is -0.142. The number of nitrogens with zero attached hydrogens (tertiary/aromatic N) is 1. The molecular weight excluding hydrogens is 253 g/mol. The van der Waals surface area contributed by atoms with E-state index in [2.05, 4.69) is 0 Å². The Morgan fingerprint density at radius 2 is 2.11 bits per heavy atom. The number of carboxylic acid groups (broad SMARTS) is 1. The summed E-state index contributed by atoms with van der Waals surface area (Å²) in [6.45, 7) is 1.97. The van der Waals surface area contributed by atoms with Crippen LogP contribution in [0.1, 0.15) is 23.7 Å². The normalized spacial score (nSPS) is 22.5. The van der Waals surface area contributed by atoms with Gasteiger partial charge in [0.05, 0.1) is 0 Å². The minimum atomic E-state index is -1.12. The molecule has 19 heavy (non-hydrogen) atoms. The minimum absolute atomic E-state index is 0.199. The maximum Gasteiger partial charge on any atom is 0.326 e. The lowest BCUT2D eigenvalue weighted by atomic mass is 10.0. The van der Waals surface area contributed by atoms with Crippen molar-refractivity contribution in [3.05, 3.63) is 29.6 Å². The second kappa shape index (κ2) is 4.87. The molecular formula is C13H14FNO4. The highest BCUT2D eigenvalue weighted by atomic mass is 19.1. The SMILES string of the molecule is CC1CCN(C(=O)c2c(O)cccc2F)C1C(=O)O. The number of halogens is 1. The molecule has 1 heterocycles. The van der Waals surface area contributed by atoms with Crippen molar-refractivity contribution in [2.24, 2.45) is 5.92 Å². The fourth-order valence-electron chi connectivity index (χ4n) is 2.42. The van der Waals surface area contributed by atoms with Gasteiger partial charge in [0.1, 0.15) is 23.2 Å². The average molecular weight is 267 g/mol. The molecule has 1 saturated heterocycles. The van der Waals surface area contributed by atoms with Gasteiger partial charge in [-0.3, -0.25) is 4.79 Å². The summed E-state index contributed by atoms with van der Waals surface area (Å²) >= 11 is 0. The molecule has 0 aromatic heterocycles. The van der Waals surface area contributed by atoms with Crippen LogP contribution in [0.5, 0.6) is 5.75 Å². The smallest absolute Gasteiger partial charge is 0.326 e. The molecule has 1 amide bonds. The fourth-order valence-corrected chi connectivity index (χ4v) is 2.42. The number of hydrogen-bond donors (Lipinski definition) is 2. The molecule has 0 aliphatic carbocycles. The number of carboxylic acids is 1. The van der Waals surface area contributed by atoms with Gasteiger partial charge in [-0.05, 0) is 24.5 Å². The number of carbonyl (C=O) groups is 2. The summed E-state index contributed by atoms with van der Waals surface area (Å²) in [5, 5.41) is 18.7. The molecule has 1 aromatic carbocycles. The molecule has 1 aromatic rings. The highest BCUT2D eigenvalue weighted by molar-refractivity contribution is 5.99. The van der Waals surface area contributed by atoms with Gasteiger partial charge in [0.15, 0.2) is 0 Å². The standard InChI is InChI=1S/C13H14FNO4/c1-7-5-6-15(11(7)13(18)19)12(17)10-8(14)3-2-4-9(10)16/h2-4,7,11,16H,5-6H2,1H3,(H,18,19). The van der Waals surface area contributed by atoms with E-state index in [0.29, 0.717) is 6.42 Å². The van der Waals surface area contributed by atoms with Crippen LogP contribution in [0.15, 0.2) is 18.2 Å². The summed E-state index contributed by atoms with van der Waals surface area (Å²) in [4.78, 5) is 24.5. The lowest BCUT2D eigenvalue weighted by Crippen LogP contribution is -2.43. The number of aromatic hydroxyl groups is 1. The predicted molar refractivity (Wildman–Crippen MR) is 64.3 cm³/mol. The van der Waals surface area contributed by atoms with Crippen molar-refractivity contribution < 1.29 is 24.2 Å². The molecule has 6 heteroatoms. The molecule has 1 fully saturated rings. The maximum atomic E-state index is 13.6. The number of carbonyl (C=O) groups excluding carboxylic acids is 1. The zero-order chi connectivity index (χ0) is 14.2. The zero-order valence-corrected chi connectivity index (χ0v) is 10.3. The highest BCUT2D eigenvalue weighted by Gasteiger charge is 2.41. The van der Waals surface area contributed by atoms with Crippen LogP contribution in [-0.4, -0.2) is 39.6 Å². The summed E-state index contributed by atoms with van der Waals surface area (Å²) in [6.07, 6.45) is 0.540. The number of aliphatic carboxylic acids is 1. The van der Waals surface area contributed by atoms with Gasteiger partial charge >= 0.3 is 5.97 Å². The van der Waals surface area contributed by atoms with Gasteiger partial charge in [0, 0.05) is 6.54 Å². The Morgan fingerprint density at radius 3 is 2.68 bits per heavy atom. The number of rotatable bonds is 2. The molecule has 0 radical (unpaired) electrons. The molecule has 0 spiro atoms. The highest BCUT2D eigenvalue weighted by Crippen LogP contribution is 2.29. The summed E-state index contributed by atoms with van der Waals surface area (Å²) in [5.41, 5.74) is -0.470. The van der Waals surface area contributed by atoms with Crippen molar-refractivity contribution >= 4 is 11.9 Å². The average Bonchev–Trinajstić information content (AvgIpc) is 2.70. The van der Waals surface area contributed by atoms with E-state index in [9.17, 15) is 19.1 Å². The van der Waals surface area contributed by atoms with E-state index in [-0.39, 0.29) is 12.5 Å². The van der Waals surface area contributed by atoms with Crippen molar-refractivity contribution in [3.8, 4) is 5.75 Å². The molecule has 0 bridgehead atoms. The van der Waals surface area contributed by atoms with E-state index in [1.165, 1.54) is 12.1 Å². The van der Waals surface area contributed by atoms with Gasteiger partial charge in [0.25, 0.3) is 5.91 Å².